The highest BCUT2D eigenvalue weighted by Crippen LogP contribution is 2.29. The van der Waals surface area contributed by atoms with Crippen LogP contribution in [-0.4, -0.2) is 24.6 Å². The van der Waals surface area contributed by atoms with Gasteiger partial charge in [0.15, 0.2) is 11.5 Å². The number of benzene rings is 3. The molecule has 2 N–H and O–H groups in total. The zero-order valence-electron chi connectivity index (χ0n) is 18.1. The zero-order chi connectivity index (χ0) is 23.5. The van der Waals surface area contributed by atoms with Crippen molar-refractivity contribution < 1.29 is 19.1 Å². The van der Waals surface area contributed by atoms with Crippen LogP contribution in [0.2, 0.25) is 0 Å². The fourth-order valence-corrected chi connectivity index (χ4v) is 3.07. The Bertz CT molecular complexity index is 1100. The van der Waals surface area contributed by atoms with Crippen LogP contribution in [0.4, 0.5) is 0 Å². The minimum absolute atomic E-state index is 0.260. The summed E-state index contributed by atoms with van der Waals surface area (Å²) < 4.78 is 12.6. The van der Waals surface area contributed by atoms with Crippen LogP contribution in [0.15, 0.2) is 82.4 Å². The van der Waals surface area contributed by atoms with E-state index in [0.29, 0.717) is 30.3 Å². The lowest BCUT2D eigenvalue weighted by atomic mass is 10.2. The molecule has 0 saturated carbocycles. The third kappa shape index (κ3) is 7.76. The second kappa shape index (κ2) is 12.4. The highest BCUT2D eigenvalue weighted by molar-refractivity contribution is 9.10. The molecule has 0 heterocycles. The SMILES string of the molecule is CCOc1cc(/C=N\NC(=O)C(=O)NCc2ccccc2)ccc1OCc1ccc(Br)cc1. The summed E-state index contributed by atoms with van der Waals surface area (Å²) in [7, 11) is 0. The third-order valence-electron chi connectivity index (χ3n) is 4.46. The molecular weight excluding hydrogens is 486 g/mol. The summed E-state index contributed by atoms with van der Waals surface area (Å²) in [5, 5.41) is 6.41. The number of ether oxygens (including phenoxy) is 2. The number of hydrogen-bond acceptors (Lipinski definition) is 5. The molecule has 8 heteroatoms. The van der Waals surface area contributed by atoms with Gasteiger partial charge >= 0.3 is 11.8 Å². The number of nitrogens with one attached hydrogen (secondary N) is 2. The maximum atomic E-state index is 11.9. The Morgan fingerprint density at radius 3 is 2.39 bits per heavy atom. The monoisotopic (exact) mass is 509 g/mol. The van der Waals surface area contributed by atoms with Gasteiger partial charge in [0.25, 0.3) is 0 Å². The number of amides is 2. The molecule has 0 aliphatic heterocycles. The van der Waals surface area contributed by atoms with Crippen molar-refractivity contribution in [2.45, 2.75) is 20.1 Å². The normalized spacial score (nSPS) is 10.6. The summed E-state index contributed by atoms with van der Waals surface area (Å²) in [4.78, 5) is 23.8. The Labute approximate surface area is 200 Å². The van der Waals surface area contributed by atoms with Gasteiger partial charge in [-0.2, -0.15) is 5.10 Å². The van der Waals surface area contributed by atoms with Crippen LogP contribution in [-0.2, 0) is 22.7 Å². The molecule has 3 aromatic rings. The number of halogens is 1. The lowest BCUT2D eigenvalue weighted by Gasteiger charge is -2.12. The van der Waals surface area contributed by atoms with E-state index in [1.807, 2.05) is 61.5 Å². The van der Waals surface area contributed by atoms with E-state index in [9.17, 15) is 9.59 Å². The van der Waals surface area contributed by atoms with Crippen LogP contribution in [0.3, 0.4) is 0 Å². The van der Waals surface area contributed by atoms with E-state index in [0.717, 1.165) is 15.6 Å². The lowest BCUT2D eigenvalue weighted by molar-refractivity contribution is -0.139. The van der Waals surface area contributed by atoms with Gasteiger partial charge in [-0.3, -0.25) is 9.59 Å². The van der Waals surface area contributed by atoms with E-state index < -0.39 is 11.8 Å². The number of rotatable bonds is 9. The molecule has 0 radical (unpaired) electrons. The Balaban J connectivity index is 1.54. The molecule has 0 aliphatic rings. The maximum Gasteiger partial charge on any atom is 0.329 e. The van der Waals surface area contributed by atoms with Gasteiger partial charge in [-0.1, -0.05) is 58.4 Å². The number of hydrogen-bond donors (Lipinski definition) is 2. The fraction of sp³-hybridized carbons (Fsp3) is 0.160. The minimum Gasteiger partial charge on any atom is -0.490 e. The molecule has 0 spiro atoms. The molecule has 2 amide bonds. The first-order valence-corrected chi connectivity index (χ1v) is 11.1. The van der Waals surface area contributed by atoms with Gasteiger partial charge in [-0.15, -0.1) is 0 Å². The van der Waals surface area contributed by atoms with Crippen LogP contribution >= 0.6 is 15.9 Å². The topological polar surface area (TPSA) is 89.0 Å². The molecule has 0 saturated heterocycles. The van der Waals surface area contributed by atoms with Crippen molar-refractivity contribution in [1.82, 2.24) is 10.7 Å². The molecule has 3 rings (SSSR count). The van der Waals surface area contributed by atoms with Crippen LogP contribution in [0.25, 0.3) is 0 Å². The van der Waals surface area contributed by atoms with E-state index in [2.05, 4.69) is 31.8 Å². The van der Waals surface area contributed by atoms with E-state index in [1.165, 1.54) is 6.21 Å². The number of nitrogens with zero attached hydrogens (tertiary/aromatic N) is 1. The average Bonchev–Trinajstić information content (AvgIpc) is 2.84. The lowest BCUT2D eigenvalue weighted by Crippen LogP contribution is -2.37. The Morgan fingerprint density at radius 1 is 0.909 bits per heavy atom. The summed E-state index contributed by atoms with van der Waals surface area (Å²) in [6, 6.07) is 22.5. The molecule has 0 atom stereocenters. The molecule has 0 aromatic heterocycles. The molecule has 0 unspecified atom stereocenters. The molecular formula is C25H24BrN3O4. The fourth-order valence-electron chi connectivity index (χ4n) is 2.81. The van der Waals surface area contributed by atoms with Crippen LogP contribution in [0.1, 0.15) is 23.6 Å². The average molecular weight is 510 g/mol. The number of carbonyl (C=O) groups excluding carboxylic acids is 2. The zero-order valence-corrected chi connectivity index (χ0v) is 19.7. The summed E-state index contributed by atoms with van der Waals surface area (Å²) in [5.41, 5.74) is 4.83. The summed E-state index contributed by atoms with van der Waals surface area (Å²) >= 11 is 3.41. The molecule has 7 nitrogen and oxygen atoms in total. The van der Waals surface area contributed by atoms with Crippen molar-refractivity contribution in [2.75, 3.05) is 6.61 Å². The number of carbonyl (C=O) groups is 2. The summed E-state index contributed by atoms with van der Waals surface area (Å²) in [5.74, 6) is -0.448. The van der Waals surface area contributed by atoms with E-state index >= 15 is 0 Å². The van der Waals surface area contributed by atoms with Crippen molar-refractivity contribution in [2.24, 2.45) is 5.10 Å². The standard InChI is InChI=1S/C25H24BrN3O4/c1-2-32-23-14-20(10-13-22(23)33-17-19-8-11-21(26)12-9-19)16-28-29-25(31)24(30)27-15-18-6-4-3-5-7-18/h3-14,16H,2,15,17H2,1H3,(H,27,30)(H,29,31)/b28-16-. The van der Waals surface area contributed by atoms with Gasteiger partial charge in [0.2, 0.25) is 0 Å². The van der Waals surface area contributed by atoms with Crippen molar-refractivity contribution in [3.63, 3.8) is 0 Å². The predicted octanol–water partition coefficient (Wildman–Crippen LogP) is 4.19. The highest BCUT2D eigenvalue weighted by Gasteiger charge is 2.12. The smallest absolute Gasteiger partial charge is 0.329 e. The Morgan fingerprint density at radius 2 is 1.67 bits per heavy atom. The van der Waals surface area contributed by atoms with Crippen LogP contribution < -0.4 is 20.2 Å². The molecule has 33 heavy (non-hydrogen) atoms. The molecule has 0 bridgehead atoms. The largest absolute Gasteiger partial charge is 0.490 e. The van der Waals surface area contributed by atoms with Gasteiger partial charge in [0, 0.05) is 11.0 Å². The van der Waals surface area contributed by atoms with Gasteiger partial charge < -0.3 is 14.8 Å². The van der Waals surface area contributed by atoms with Gasteiger partial charge in [-0.25, -0.2) is 5.43 Å². The first-order valence-electron chi connectivity index (χ1n) is 10.3. The first-order chi connectivity index (χ1) is 16.0. The van der Waals surface area contributed by atoms with E-state index in [1.54, 1.807) is 18.2 Å². The van der Waals surface area contributed by atoms with Crippen LogP contribution in [0, 0.1) is 0 Å². The second-order valence-corrected chi connectivity index (χ2v) is 7.84. The summed E-state index contributed by atoms with van der Waals surface area (Å²) in [6.45, 7) is 3.01. The first kappa shape index (κ1) is 24.0. The van der Waals surface area contributed by atoms with Crippen molar-refractivity contribution in [3.8, 4) is 11.5 Å². The van der Waals surface area contributed by atoms with E-state index in [4.69, 9.17) is 9.47 Å². The second-order valence-electron chi connectivity index (χ2n) is 6.92. The van der Waals surface area contributed by atoms with Gasteiger partial charge in [-0.05, 0) is 53.9 Å². The van der Waals surface area contributed by atoms with Crippen molar-refractivity contribution in [1.29, 1.82) is 0 Å². The Kier molecular flexibility index (Phi) is 9.02. The van der Waals surface area contributed by atoms with Crippen molar-refractivity contribution in [3.05, 3.63) is 94.0 Å². The van der Waals surface area contributed by atoms with Gasteiger partial charge in [0.1, 0.15) is 6.61 Å². The maximum absolute atomic E-state index is 11.9. The number of hydrazone groups is 1. The highest BCUT2D eigenvalue weighted by atomic mass is 79.9. The predicted molar refractivity (Wildman–Crippen MR) is 130 cm³/mol. The van der Waals surface area contributed by atoms with Crippen LogP contribution in [0.5, 0.6) is 11.5 Å². The molecule has 170 valence electrons. The molecule has 0 aliphatic carbocycles. The van der Waals surface area contributed by atoms with E-state index in [-0.39, 0.29) is 6.54 Å². The Hall–Kier alpha value is -3.65. The molecule has 3 aromatic carbocycles. The van der Waals surface area contributed by atoms with Gasteiger partial charge in [0.05, 0.1) is 12.8 Å². The molecule has 0 fully saturated rings. The quantitative estimate of drug-likeness (QED) is 0.257. The third-order valence-corrected chi connectivity index (χ3v) is 4.99. The van der Waals surface area contributed by atoms with Crippen molar-refractivity contribution >= 4 is 34.0 Å². The minimum atomic E-state index is -0.846. The summed E-state index contributed by atoms with van der Waals surface area (Å²) in [6.07, 6.45) is 1.43.